The molecule has 0 aliphatic carbocycles. The van der Waals surface area contributed by atoms with E-state index in [4.69, 9.17) is 5.11 Å². The van der Waals surface area contributed by atoms with Crippen molar-refractivity contribution in [1.29, 1.82) is 0 Å². The molecule has 0 radical (unpaired) electrons. The lowest BCUT2D eigenvalue weighted by molar-refractivity contribution is -0.282. The highest BCUT2D eigenvalue weighted by molar-refractivity contribution is 7.73. The van der Waals surface area contributed by atoms with Gasteiger partial charge in [0.2, 0.25) is 5.60 Å². The molecule has 96 valence electrons. The number of aromatic nitrogens is 1. The lowest BCUT2D eigenvalue weighted by atomic mass is 9.87. The van der Waals surface area contributed by atoms with Crippen LogP contribution in [0.15, 0.2) is 6.20 Å². The van der Waals surface area contributed by atoms with E-state index in [1.807, 2.05) is 0 Å². The lowest BCUT2D eigenvalue weighted by Gasteiger charge is -2.32. The Hall–Kier alpha value is -0.930. The van der Waals surface area contributed by atoms with Crippen LogP contribution in [-0.4, -0.2) is 27.3 Å². The van der Waals surface area contributed by atoms with Crippen LogP contribution in [-0.2, 0) is 10.4 Å². The van der Waals surface area contributed by atoms with Gasteiger partial charge in [0.15, 0.2) is 3.95 Å². The summed E-state index contributed by atoms with van der Waals surface area (Å²) in [5, 5.41) is 18.4. The second-order valence-corrected chi connectivity index (χ2v) is 5.09. The molecule has 1 heterocycles. The number of nitrogens with one attached hydrogen (secondary N) is 1. The van der Waals surface area contributed by atoms with E-state index in [-0.39, 0.29) is 3.95 Å². The van der Waals surface area contributed by atoms with Crippen molar-refractivity contribution in [3.63, 3.8) is 0 Å². The Morgan fingerprint density at radius 2 is 2.12 bits per heavy atom. The van der Waals surface area contributed by atoms with E-state index >= 15 is 0 Å². The molecule has 0 saturated carbocycles. The Morgan fingerprint density at radius 3 is 2.41 bits per heavy atom. The van der Waals surface area contributed by atoms with Crippen LogP contribution in [0.25, 0.3) is 0 Å². The number of hydrogen-bond acceptors (Lipinski definition) is 4. The van der Waals surface area contributed by atoms with Gasteiger partial charge < -0.3 is 15.2 Å². The van der Waals surface area contributed by atoms with Crippen molar-refractivity contribution in [3.8, 4) is 0 Å². The van der Waals surface area contributed by atoms with Gasteiger partial charge >= 0.3 is 12.1 Å². The van der Waals surface area contributed by atoms with Crippen LogP contribution in [0.1, 0.15) is 11.8 Å². The number of carbonyl (C=O) groups is 1. The smallest absolute Gasteiger partial charge is 0.423 e. The molecule has 0 aromatic carbocycles. The van der Waals surface area contributed by atoms with Gasteiger partial charge in [-0.3, -0.25) is 4.79 Å². The number of hydrogen-bond donors (Lipinski definition) is 3. The van der Waals surface area contributed by atoms with Crippen molar-refractivity contribution in [2.24, 2.45) is 5.92 Å². The summed E-state index contributed by atoms with van der Waals surface area (Å²) < 4.78 is 38.6. The monoisotopic (exact) mass is 287 g/mol. The lowest BCUT2D eigenvalue weighted by Crippen LogP contribution is -2.49. The van der Waals surface area contributed by atoms with Crippen molar-refractivity contribution >= 4 is 29.5 Å². The van der Waals surface area contributed by atoms with Gasteiger partial charge in [-0.25, -0.2) is 0 Å². The predicted molar refractivity (Wildman–Crippen MR) is 56.3 cm³/mol. The maximum absolute atomic E-state index is 12.9. The van der Waals surface area contributed by atoms with Crippen LogP contribution in [0.2, 0.25) is 0 Å². The van der Waals surface area contributed by atoms with Crippen LogP contribution < -0.4 is 0 Å². The molecule has 0 spiro atoms. The van der Waals surface area contributed by atoms with Gasteiger partial charge in [0.05, 0.1) is 10.8 Å². The number of alkyl halides is 3. The number of halogens is 3. The standard InChI is InChI=1S/C8H8F3NO3S2/c1-3(5(13)14)7(15,8(9,10)11)4-2-12-6(16)17-4/h2-3,15H,1H3,(H,12,16)(H,13,14)/t3?,7-/m1/s1. The van der Waals surface area contributed by atoms with E-state index < -0.39 is 28.5 Å². The number of aromatic amines is 1. The minimum Gasteiger partial charge on any atom is -0.481 e. The van der Waals surface area contributed by atoms with Crippen LogP contribution >= 0.6 is 23.6 Å². The first-order valence-electron chi connectivity index (χ1n) is 4.31. The van der Waals surface area contributed by atoms with Crippen LogP contribution in [0.4, 0.5) is 13.2 Å². The number of rotatable bonds is 3. The fourth-order valence-corrected chi connectivity index (χ4v) is 2.46. The van der Waals surface area contributed by atoms with Gasteiger partial charge in [-0.15, -0.1) is 11.3 Å². The van der Waals surface area contributed by atoms with Gasteiger partial charge in [0.1, 0.15) is 0 Å². The molecule has 0 aliphatic rings. The molecule has 17 heavy (non-hydrogen) atoms. The maximum Gasteiger partial charge on any atom is 0.423 e. The molecule has 4 nitrogen and oxygen atoms in total. The number of carboxylic acid groups (broad SMARTS) is 1. The molecule has 2 atom stereocenters. The zero-order chi connectivity index (χ0) is 13.4. The van der Waals surface area contributed by atoms with Crippen molar-refractivity contribution in [2.75, 3.05) is 0 Å². The molecule has 1 unspecified atom stereocenters. The van der Waals surface area contributed by atoms with Gasteiger partial charge in [-0.05, 0) is 19.1 Å². The summed E-state index contributed by atoms with van der Waals surface area (Å²) in [6.45, 7) is 0.790. The quantitative estimate of drug-likeness (QED) is 0.746. The Labute approximate surface area is 103 Å². The van der Waals surface area contributed by atoms with Gasteiger partial charge in [-0.1, -0.05) is 0 Å². The topological polar surface area (TPSA) is 73.3 Å². The zero-order valence-corrected chi connectivity index (χ0v) is 10.0. The molecule has 0 bridgehead atoms. The number of aliphatic carboxylic acids is 1. The summed E-state index contributed by atoms with van der Waals surface area (Å²) in [6.07, 6.45) is -4.23. The summed E-state index contributed by atoms with van der Waals surface area (Å²) in [7, 11) is 0. The Kier molecular flexibility index (Phi) is 3.65. The molecule has 0 amide bonds. The highest BCUT2D eigenvalue weighted by Crippen LogP contribution is 2.46. The zero-order valence-electron chi connectivity index (χ0n) is 8.41. The second kappa shape index (κ2) is 4.39. The molecule has 1 rings (SSSR count). The molecular formula is C8H8F3NO3S2. The summed E-state index contributed by atoms with van der Waals surface area (Å²) in [5.41, 5.74) is -3.45. The van der Waals surface area contributed by atoms with Gasteiger partial charge in [0, 0.05) is 6.20 Å². The molecule has 0 fully saturated rings. The van der Waals surface area contributed by atoms with Crippen LogP contribution in [0.5, 0.6) is 0 Å². The molecule has 0 saturated heterocycles. The molecule has 9 heteroatoms. The van der Waals surface area contributed by atoms with Crippen molar-refractivity contribution in [1.82, 2.24) is 4.98 Å². The average molecular weight is 287 g/mol. The first-order chi connectivity index (χ1) is 7.60. The third-order valence-electron chi connectivity index (χ3n) is 2.33. The fraction of sp³-hybridized carbons (Fsp3) is 0.500. The maximum atomic E-state index is 12.9. The van der Waals surface area contributed by atoms with Crippen LogP contribution in [0, 0.1) is 9.87 Å². The van der Waals surface area contributed by atoms with E-state index in [1.165, 1.54) is 0 Å². The van der Waals surface area contributed by atoms with Gasteiger partial charge in [0.25, 0.3) is 0 Å². The summed E-state index contributed by atoms with van der Waals surface area (Å²) in [6, 6.07) is 0. The predicted octanol–water partition coefficient (Wildman–Crippen LogP) is 2.28. The third kappa shape index (κ3) is 2.35. The SMILES string of the molecule is CC(C(=O)O)[C@@](O)(c1c[nH]c(=S)s1)C(F)(F)F. The van der Waals surface area contributed by atoms with E-state index in [0.29, 0.717) is 11.3 Å². The average Bonchev–Trinajstić information content (AvgIpc) is 2.60. The molecule has 0 aliphatic heterocycles. The van der Waals surface area contributed by atoms with Crippen molar-refractivity contribution < 1.29 is 28.2 Å². The number of H-pyrrole nitrogens is 1. The Bertz CT molecular complexity index is 481. The first kappa shape index (κ1) is 14.1. The highest BCUT2D eigenvalue weighted by atomic mass is 32.1. The highest BCUT2D eigenvalue weighted by Gasteiger charge is 2.61. The minimum absolute atomic E-state index is 0.0280. The Balaban J connectivity index is 3.40. The Morgan fingerprint density at radius 1 is 1.59 bits per heavy atom. The van der Waals surface area contributed by atoms with E-state index in [2.05, 4.69) is 17.2 Å². The molecule has 1 aromatic heterocycles. The first-order valence-corrected chi connectivity index (χ1v) is 5.54. The number of thiazole rings is 1. The second-order valence-electron chi connectivity index (χ2n) is 3.37. The minimum atomic E-state index is -5.11. The summed E-state index contributed by atoms with van der Waals surface area (Å²) in [4.78, 5) is 12.4. The molecular weight excluding hydrogens is 279 g/mol. The van der Waals surface area contributed by atoms with Crippen molar-refractivity contribution in [2.45, 2.75) is 18.7 Å². The molecule has 3 N–H and O–H groups in total. The van der Waals surface area contributed by atoms with E-state index in [0.717, 1.165) is 13.1 Å². The van der Waals surface area contributed by atoms with E-state index in [9.17, 15) is 23.1 Å². The van der Waals surface area contributed by atoms with E-state index in [1.54, 1.807) is 0 Å². The third-order valence-corrected chi connectivity index (χ3v) is 3.65. The number of aliphatic hydroxyl groups is 1. The summed E-state index contributed by atoms with van der Waals surface area (Å²) >= 11 is 5.11. The summed E-state index contributed by atoms with van der Waals surface area (Å²) in [5.74, 6) is -3.78. The van der Waals surface area contributed by atoms with Gasteiger partial charge in [-0.2, -0.15) is 13.2 Å². The normalized spacial score (nSPS) is 17.5. The number of carboxylic acids is 1. The van der Waals surface area contributed by atoms with Crippen molar-refractivity contribution in [3.05, 3.63) is 15.0 Å². The molecule has 1 aromatic rings. The van der Waals surface area contributed by atoms with Crippen LogP contribution in [0.3, 0.4) is 0 Å². The largest absolute Gasteiger partial charge is 0.481 e. The fourth-order valence-electron chi connectivity index (χ4n) is 1.25.